The Kier molecular flexibility index (Phi) is 4.18. The van der Waals surface area contributed by atoms with E-state index in [0.29, 0.717) is 22.2 Å². The van der Waals surface area contributed by atoms with Crippen LogP contribution in [0.3, 0.4) is 0 Å². The molecule has 0 aliphatic rings. The van der Waals surface area contributed by atoms with E-state index in [1.807, 2.05) is 13.8 Å². The molecule has 1 aromatic heterocycles. The summed E-state index contributed by atoms with van der Waals surface area (Å²) in [5.74, 6) is -0.162. The van der Waals surface area contributed by atoms with Gasteiger partial charge in [-0.2, -0.15) is 0 Å². The van der Waals surface area contributed by atoms with Crippen LogP contribution in [0.4, 0.5) is 5.69 Å². The van der Waals surface area contributed by atoms with E-state index in [1.54, 1.807) is 14.0 Å². The summed E-state index contributed by atoms with van der Waals surface area (Å²) in [5, 5.41) is 0.690. The fourth-order valence-corrected chi connectivity index (χ4v) is 2.57. The average molecular weight is 243 g/mol. The highest BCUT2D eigenvalue weighted by atomic mass is 32.1. The average Bonchev–Trinajstić information content (AvgIpc) is 2.55. The molecule has 0 radical (unpaired) electrons. The van der Waals surface area contributed by atoms with E-state index in [9.17, 15) is 4.79 Å². The van der Waals surface area contributed by atoms with Crippen molar-refractivity contribution in [2.24, 2.45) is 0 Å². The van der Waals surface area contributed by atoms with E-state index in [4.69, 9.17) is 15.2 Å². The highest BCUT2D eigenvalue weighted by Gasteiger charge is 2.24. The predicted octanol–water partition coefficient (Wildman–Crippen LogP) is 2.64. The van der Waals surface area contributed by atoms with Gasteiger partial charge in [0.15, 0.2) is 5.06 Å². The molecule has 5 heteroatoms. The van der Waals surface area contributed by atoms with Gasteiger partial charge in [-0.1, -0.05) is 25.2 Å². The maximum Gasteiger partial charge on any atom is 0.350 e. The highest BCUT2D eigenvalue weighted by molar-refractivity contribution is 7.16. The van der Waals surface area contributed by atoms with Crippen molar-refractivity contribution >= 4 is 23.0 Å². The van der Waals surface area contributed by atoms with Crippen molar-refractivity contribution < 1.29 is 14.3 Å². The van der Waals surface area contributed by atoms with Crippen LogP contribution in [0.25, 0.3) is 0 Å². The molecule has 0 fully saturated rings. The second-order valence-electron chi connectivity index (χ2n) is 3.63. The minimum Gasteiger partial charge on any atom is -0.487 e. The lowest BCUT2D eigenvalue weighted by Gasteiger charge is -2.07. The number of nitrogen functional groups attached to an aromatic ring is 1. The van der Waals surface area contributed by atoms with Crippen LogP contribution in [0.5, 0.6) is 5.06 Å². The number of rotatable bonds is 4. The van der Waals surface area contributed by atoms with Crippen LogP contribution >= 0.6 is 11.3 Å². The van der Waals surface area contributed by atoms with Crippen LogP contribution in [-0.2, 0) is 4.74 Å². The third-order valence-corrected chi connectivity index (χ3v) is 3.34. The molecular formula is C11H17NO3S. The lowest BCUT2D eigenvalue weighted by atomic mass is 10.0. The number of thiophene rings is 1. The lowest BCUT2D eigenvalue weighted by Crippen LogP contribution is -2.06. The van der Waals surface area contributed by atoms with Gasteiger partial charge >= 0.3 is 5.97 Å². The first-order valence-corrected chi connectivity index (χ1v) is 5.97. The topological polar surface area (TPSA) is 61.5 Å². The van der Waals surface area contributed by atoms with Crippen LogP contribution in [0, 0.1) is 0 Å². The summed E-state index contributed by atoms with van der Waals surface area (Å²) in [5.41, 5.74) is 7.31. The number of hydrogen-bond donors (Lipinski definition) is 1. The van der Waals surface area contributed by atoms with Crippen LogP contribution in [0.2, 0.25) is 0 Å². The molecular weight excluding hydrogens is 226 g/mol. The molecule has 0 aliphatic heterocycles. The summed E-state index contributed by atoms with van der Waals surface area (Å²) in [6, 6.07) is 0. The minimum absolute atomic E-state index is 0.217. The van der Waals surface area contributed by atoms with Crippen molar-refractivity contribution in [2.45, 2.75) is 26.7 Å². The van der Waals surface area contributed by atoms with Crippen LogP contribution in [0.15, 0.2) is 0 Å². The Morgan fingerprint density at radius 2 is 2.12 bits per heavy atom. The zero-order valence-corrected chi connectivity index (χ0v) is 10.8. The van der Waals surface area contributed by atoms with E-state index < -0.39 is 0 Å². The predicted molar refractivity (Wildman–Crippen MR) is 65.3 cm³/mol. The van der Waals surface area contributed by atoms with Gasteiger partial charge in [0, 0.05) is 5.56 Å². The zero-order valence-electron chi connectivity index (χ0n) is 9.99. The van der Waals surface area contributed by atoms with Gasteiger partial charge in [0.05, 0.1) is 19.4 Å². The largest absolute Gasteiger partial charge is 0.487 e. The molecule has 0 saturated heterocycles. The van der Waals surface area contributed by atoms with E-state index >= 15 is 0 Å². The van der Waals surface area contributed by atoms with E-state index in [1.165, 1.54) is 11.3 Å². The third kappa shape index (κ3) is 2.29. The Hall–Kier alpha value is -1.23. The molecule has 4 nitrogen and oxygen atoms in total. The number of methoxy groups -OCH3 is 1. The molecule has 0 amide bonds. The molecule has 0 aliphatic carbocycles. The Balaban J connectivity index is 3.17. The van der Waals surface area contributed by atoms with Gasteiger partial charge in [0.2, 0.25) is 0 Å². The van der Waals surface area contributed by atoms with Gasteiger partial charge < -0.3 is 15.2 Å². The first-order chi connectivity index (χ1) is 7.52. The Morgan fingerprint density at radius 1 is 1.50 bits per heavy atom. The second kappa shape index (κ2) is 5.21. The summed E-state index contributed by atoms with van der Waals surface area (Å²) in [4.78, 5) is 12.1. The molecule has 0 unspecified atom stereocenters. The minimum atomic E-state index is -0.379. The van der Waals surface area contributed by atoms with Crippen molar-refractivity contribution in [1.29, 1.82) is 0 Å². The van der Waals surface area contributed by atoms with Gasteiger partial charge in [-0.25, -0.2) is 4.79 Å². The first kappa shape index (κ1) is 12.8. The summed E-state index contributed by atoms with van der Waals surface area (Å²) in [6.07, 6.45) is 0. The van der Waals surface area contributed by atoms with Gasteiger partial charge in [-0.3, -0.25) is 0 Å². The number of nitrogens with two attached hydrogens (primary N) is 1. The summed E-state index contributed by atoms with van der Waals surface area (Å²) in [6.45, 7) is 6.13. The summed E-state index contributed by atoms with van der Waals surface area (Å²) < 4.78 is 10.2. The number of carbonyl (C=O) groups excluding carboxylic acids is 1. The molecule has 0 aromatic carbocycles. The van der Waals surface area contributed by atoms with Crippen molar-refractivity contribution in [2.75, 3.05) is 19.5 Å². The fraction of sp³-hybridized carbons (Fsp3) is 0.545. The standard InChI is InChI=1S/C11H17NO3S/c1-5-15-10(13)9-8(12)7(6(2)3)11(14-4)16-9/h6H,5,12H2,1-4H3. The Labute approximate surface area is 99.4 Å². The summed E-state index contributed by atoms with van der Waals surface area (Å²) >= 11 is 1.24. The van der Waals surface area contributed by atoms with Crippen molar-refractivity contribution in [1.82, 2.24) is 0 Å². The molecule has 16 heavy (non-hydrogen) atoms. The number of esters is 1. The number of ether oxygens (including phenoxy) is 2. The molecule has 0 spiro atoms. The highest BCUT2D eigenvalue weighted by Crippen LogP contribution is 2.42. The Bertz CT molecular complexity index is 385. The van der Waals surface area contributed by atoms with Crippen molar-refractivity contribution in [3.8, 4) is 5.06 Å². The molecule has 0 saturated carbocycles. The van der Waals surface area contributed by atoms with Crippen LogP contribution in [0.1, 0.15) is 41.9 Å². The molecule has 1 heterocycles. The smallest absolute Gasteiger partial charge is 0.350 e. The second-order valence-corrected chi connectivity index (χ2v) is 4.61. The molecule has 0 atom stereocenters. The maximum absolute atomic E-state index is 11.6. The number of anilines is 1. The van der Waals surface area contributed by atoms with E-state index in [2.05, 4.69) is 0 Å². The van der Waals surface area contributed by atoms with Gasteiger partial charge in [0.25, 0.3) is 0 Å². The molecule has 90 valence electrons. The SMILES string of the molecule is CCOC(=O)c1sc(OC)c(C(C)C)c1N. The van der Waals surface area contributed by atoms with Crippen molar-refractivity contribution in [3.05, 3.63) is 10.4 Å². The first-order valence-electron chi connectivity index (χ1n) is 5.16. The number of carbonyl (C=O) groups is 1. The normalized spacial score (nSPS) is 10.6. The lowest BCUT2D eigenvalue weighted by molar-refractivity contribution is 0.0533. The van der Waals surface area contributed by atoms with Gasteiger partial charge in [-0.15, -0.1) is 0 Å². The van der Waals surface area contributed by atoms with Gasteiger partial charge in [0.1, 0.15) is 4.88 Å². The molecule has 1 rings (SSSR count). The summed E-state index contributed by atoms with van der Waals surface area (Å²) in [7, 11) is 1.58. The van der Waals surface area contributed by atoms with Crippen LogP contribution < -0.4 is 10.5 Å². The van der Waals surface area contributed by atoms with E-state index in [0.717, 1.165) is 5.56 Å². The number of hydrogen-bond acceptors (Lipinski definition) is 5. The van der Waals surface area contributed by atoms with Gasteiger partial charge in [-0.05, 0) is 12.8 Å². The van der Waals surface area contributed by atoms with Crippen LogP contribution in [-0.4, -0.2) is 19.7 Å². The monoisotopic (exact) mass is 243 g/mol. The third-order valence-electron chi connectivity index (χ3n) is 2.17. The molecule has 0 bridgehead atoms. The van der Waals surface area contributed by atoms with E-state index in [-0.39, 0.29) is 11.9 Å². The molecule has 2 N–H and O–H groups in total. The quantitative estimate of drug-likeness (QED) is 0.826. The van der Waals surface area contributed by atoms with Crippen molar-refractivity contribution in [3.63, 3.8) is 0 Å². The fourth-order valence-electron chi connectivity index (χ4n) is 1.48. The Morgan fingerprint density at radius 3 is 2.50 bits per heavy atom. The maximum atomic E-state index is 11.6. The molecule has 1 aromatic rings. The zero-order chi connectivity index (χ0) is 12.3.